The molecule has 0 aromatic heterocycles. The fraction of sp³-hybridized carbons (Fsp3) is 0.320. The van der Waals surface area contributed by atoms with Crippen molar-refractivity contribution in [2.45, 2.75) is 30.6 Å². The molecule has 1 saturated heterocycles. The molecule has 3 aromatic rings. The maximum atomic E-state index is 13.4. The largest absolute Gasteiger partial charge is 0.369 e. The normalized spacial score (nSPS) is 18.9. The van der Waals surface area contributed by atoms with Crippen LogP contribution in [0.3, 0.4) is 0 Å². The Morgan fingerprint density at radius 3 is 2.34 bits per heavy atom. The lowest BCUT2D eigenvalue weighted by Crippen LogP contribution is -2.48. The van der Waals surface area contributed by atoms with Gasteiger partial charge >= 0.3 is 0 Å². The third kappa shape index (κ3) is 3.65. The van der Waals surface area contributed by atoms with Crippen LogP contribution in [0.1, 0.15) is 25.8 Å². The fourth-order valence-corrected chi connectivity index (χ4v) is 6.20. The number of anilines is 2. The summed E-state index contributed by atoms with van der Waals surface area (Å²) in [4.78, 5) is 14.5. The van der Waals surface area contributed by atoms with Gasteiger partial charge in [-0.15, -0.1) is 0 Å². The second kappa shape index (κ2) is 7.60. The van der Waals surface area contributed by atoms with Gasteiger partial charge in [0.05, 0.1) is 4.90 Å². The Labute approximate surface area is 188 Å². The molecule has 166 valence electrons. The molecule has 7 heteroatoms. The molecule has 0 unspecified atom stereocenters. The van der Waals surface area contributed by atoms with Gasteiger partial charge < -0.3 is 10.2 Å². The zero-order valence-corrected chi connectivity index (χ0v) is 19.2. The summed E-state index contributed by atoms with van der Waals surface area (Å²) in [7, 11) is -3.61. The molecule has 1 amide bonds. The van der Waals surface area contributed by atoms with Gasteiger partial charge in [-0.3, -0.25) is 4.79 Å². The first-order valence-corrected chi connectivity index (χ1v) is 12.4. The number of rotatable bonds is 3. The van der Waals surface area contributed by atoms with E-state index in [1.807, 2.05) is 26.0 Å². The van der Waals surface area contributed by atoms with Gasteiger partial charge in [-0.25, -0.2) is 8.42 Å². The van der Waals surface area contributed by atoms with Crippen LogP contribution in [-0.2, 0) is 20.2 Å². The van der Waals surface area contributed by atoms with Crippen molar-refractivity contribution in [1.82, 2.24) is 4.31 Å². The van der Waals surface area contributed by atoms with Crippen molar-refractivity contribution in [1.29, 1.82) is 0 Å². The molecule has 3 aromatic carbocycles. The molecule has 0 saturated carbocycles. The Kier molecular flexibility index (Phi) is 4.98. The van der Waals surface area contributed by atoms with E-state index in [4.69, 9.17) is 0 Å². The lowest BCUT2D eigenvalue weighted by atomic mass is 9.78. The van der Waals surface area contributed by atoms with Crippen molar-refractivity contribution in [2.75, 3.05) is 36.4 Å². The van der Waals surface area contributed by atoms with Crippen LogP contribution in [0.15, 0.2) is 65.6 Å². The van der Waals surface area contributed by atoms with Crippen molar-refractivity contribution in [3.05, 3.63) is 66.2 Å². The number of hydrogen-bond donors (Lipinski definition) is 1. The zero-order chi connectivity index (χ0) is 22.5. The molecular formula is C25H27N3O3S. The van der Waals surface area contributed by atoms with Crippen LogP contribution in [0.2, 0.25) is 0 Å². The van der Waals surface area contributed by atoms with Crippen LogP contribution in [-0.4, -0.2) is 44.8 Å². The summed E-state index contributed by atoms with van der Waals surface area (Å²) in [6.45, 7) is 6.11. The highest BCUT2D eigenvalue weighted by atomic mass is 32.2. The summed E-state index contributed by atoms with van der Waals surface area (Å²) in [5.41, 5.74) is 2.28. The second-order valence-electron chi connectivity index (χ2n) is 9.24. The molecule has 0 spiro atoms. The predicted octanol–water partition coefficient (Wildman–Crippen LogP) is 3.97. The number of carbonyl (C=O) groups excluding carboxylic acids is 1. The molecule has 0 radical (unpaired) electrons. The first-order valence-electron chi connectivity index (χ1n) is 10.9. The summed E-state index contributed by atoms with van der Waals surface area (Å²) in [5, 5.41) is 5.24. The lowest BCUT2D eigenvalue weighted by molar-refractivity contribution is -0.117. The van der Waals surface area contributed by atoms with E-state index in [0.717, 1.165) is 11.3 Å². The molecule has 2 aliphatic rings. The third-order valence-corrected chi connectivity index (χ3v) is 8.47. The van der Waals surface area contributed by atoms with E-state index in [2.05, 4.69) is 40.5 Å². The molecule has 2 aliphatic heterocycles. The summed E-state index contributed by atoms with van der Waals surface area (Å²) in [6.07, 6.45) is 0.341. The molecule has 5 rings (SSSR count). The van der Waals surface area contributed by atoms with Crippen molar-refractivity contribution in [3.63, 3.8) is 0 Å². The minimum absolute atomic E-state index is 0.0390. The van der Waals surface area contributed by atoms with E-state index in [9.17, 15) is 13.2 Å². The highest BCUT2D eigenvalue weighted by Gasteiger charge is 2.35. The maximum absolute atomic E-state index is 13.4. The molecule has 32 heavy (non-hydrogen) atoms. The van der Waals surface area contributed by atoms with Crippen LogP contribution in [0.25, 0.3) is 10.8 Å². The van der Waals surface area contributed by atoms with E-state index in [1.165, 1.54) is 10.8 Å². The number of benzene rings is 3. The van der Waals surface area contributed by atoms with Gasteiger partial charge in [-0.05, 0) is 46.7 Å². The van der Waals surface area contributed by atoms with E-state index in [-0.39, 0.29) is 5.91 Å². The van der Waals surface area contributed by atoms with Gasteiger partial charge in [-0.2, -0.15) is 4.31 Å². The lowest BCUT2D eigenvalue weighted by Gasteiger charge is -2.36. The quantitative estimate of drug-likeness (QED) is 0.657. The van der Waals surface area contributed by atoms with Crippen LogP contribution in [0.4, 0.5) is 11.4 Å². The number of nitrogens with one attached hydrogen (secondary N) is 1. The van der Waals surface area contributed by atoms with Crippen molar-refractivity contribution < 1.29 is 13.2 Å². The molecule has 0 bridgehead atoms. The Morgan fingerprint density at radius 1 is 0.875 bits per heavy atom. The Balaban J connectivity index is 1.35. The number of amides is 1. The molecular weight excluding hydrogens is 422 g/mol. The Morgan fingerprint density at radius 2 is 1.59 bits per heavy atom. The maximum Gasteiger partial charge on any atom is 0.243 e. The van der Waals surface area contributed by atoms with Crippen LogP contribution < -0.4 is 10.2 Å². The van der Waals surface area contributed by atoms with Gasteiger partial charge in [0.25, 0.3) is 0 Å². The van der Waals surface area contributed by atoms with Crippen LogP contribution in [0.5, 0.6) is 0 Å². The minimum Gasteiger partial charge on any atom is -0.369 e. The van der Waals surface area contributed by atoms with Crippen molar-refractivity contribution in [2.24, 2.45) is 0 Å². The molecule has 2 heterocycles. The first kappa shape index (κ1) is 21.0. The summed E-state index contributed by atoms with van der Waals surface area (Å²) < 4.78 is 28.3. The topological polar surface area (TPSA) is 69.7 Å². The smallest absolute Gasteiger partial charge is 0.243 e. The molecule has 6 nitrogen and oxygen atoms in total. The van der Waals surface area contributed by atoms with Crippen LogP contribution in [0, 0.1) is 0 Å². The monoisotopic (exact) mass is 449 g/mol. The first-order chi connectivity index (χ1) is 15.2. The average molecular weight is 450 g/mol. The fourth-order valence-electron chi connectivity index (χ4n) is 4.75. The summed E-state index contributed by atoms with van der Waals surface area (Å²) >= 11 is 0. The average Bonchev–Trinajstić information content (AvgIpc) is 2.78. The standard InChI is InChI=1S/C25H27N3O3S/c1-25(2)17-24(29)26-23-10-9-21(16-22(23)25)32(30,31)28-13-11-27(12-14-28)20-8-7-18-5-3-4-6-19(18)15-20/h3-10,15-16H,11-14,17H2,1-2H3,(H,26,29). The van der Waals surface area contributed by atoms with Gasteiger partial charge in [0.15, 0.2) is 0 Å². The number of fused-ring (bicyclic) bond motifs is 2. The van der Waals surface area contributed by atoms with E-state index in [0.29, 0.717) is 43.2 Å². The number of nitrogens with zero attached hydrogens (tertiary/aromatic N) is 2. The Hall–Kier alpha value is -2.90. The van der Waals surface area contributed by atoms with Crippen LogP contribution >= 0.6 is 0 Å². The number of carbonyl (C=O) groups is 1. The van der Waals surface area contributed by atoms with Gasteiger partial charge in [0.2, 0.25) is 15.9 Å². The van der Waals surface area contributed by atoms with E-state index in [1.54, 1.807) is 22.5 Å². The Bertz CT molecular complexity index is 1310. The number of sulfonamides is 1. The van der Waals surface area contributed by atoms with E-state index >= 15 is 0 Å². The molecule has 0 aliphatic carbocycles. The third-order valence-electron chi connectivity index (χ3n) is 6.57. The van der Waals surface area contributed by atoms with Gasteiger partial charge in [0, 0.05) is 49.4 Å². The molecule has 1 N–H and O–H groups in total. The number of hydrogen-bond acceptors (Lipinski definition) is 4. The summed E-state index contributed by atoms with van der Waals surface area (Å²) in [5.74, 6) is -0.0390. The van der Waals surface area contributed by atoms with Crippen molar-refractivity contribution >= 4 is 38.1 Å². The highest BCUT2D eigenvalue weighted by Crippen LogP contribution is 2.38. The zero-order valence-electron chi connectivity index (χ0n) is 18.3. The second-order valence-corrected chi connectivity index (χ2v) is 11.2. The molecule has 0 atom stereocenters. The van der Waals surface area contributed by atoms with Gasteiger partial charge in [-0.1, -0.05) is 44.2 Å². The molecule has 1 fully saturated rings. The minimum atomic E-state index is -3.61. The predicted molar refractivity (Wildman–Crippen MR) is 128 cm³/mol. The van der Waals surface area contributed by atoms with E-state index < -0.39 is 15.4 Å². The number of piperazine rings is 1. The highest BCUT2D eigenvalue weighted by molar-refractivity contribution is 7.89. The van der Waals surface area contributed by atoms with Gasteiger partial charge in [0.1, 0.15) is 0 Å². The SMILES string of the molecule is CC1(C)CC(=O)Nc2ccc(S(=O)(=O)N3CCN(c4ccc5ccccc5c4)CC3)cc21. The van der Waals surface area contributed by atoms with Crippen molar-refractivity contribution in [3.8, 4) is 0 Å². The summed E-state index contributed by atoms with van der Waals surface area (Å²) in [6, 6.07) is 19.7.